The van der Waals surface area contributed by atoms with Crippen LogP contribution >= 0.6 is 0 Å². The van der Waals surface area contributed by atoms with Crippen LogP contribution in [0.1, 0.15) is 82.1 Å². The van der Waals surface area contributed by atoms with Crippen LogP contribution in [0, 0.1) is 0 Å². The number of benzene rings is 1. The highest BCUT2D eigenvalue weighted by Gasteiger charge is 2.30. The van der Waals surface area contributed by atoms with E-state index in [0.717, 1.165) is 12.8 Å². The lowest BCUT2D eigenvalue weighted by atomic mass is 9.94. The van der Waals surface area contributed by atoms with Gasteiger partial charge in [0.25, 0.3) is 0 Å². The van der Waals surface area contributed by atoms with E-state index in [1.54, 1.807) is 0 Å². The molecule has 0 heterocycles. The number of hydrogen-bond acceptors (Lipinski definition) is 4. The van der Waals surface area contributed by atoms with Crippen molar-refractivity contribution in [3.05, 3.63) is 36.4 Å². The summed E-state index contributed by atoms with van der Waals surface area (Å²) in [5.41, 5.74) is -1.34. The van der Waals surface area contributed by atoms with Gasteiger partial charge >= 0.3 is 0 Å². The molecule has 26 heavy (non-hydrogen) atoms. The smallest absolute Gasteiger partial charge is 0.0981 e. The van der Waals surface area contributed by atoms with Crippen molar-refractivity contribution in [3.63, 3.8) is 0 Å². The zero-order valence-electron chi connectivity index (χ0n) is 18.5. The molecule has 0 saturated carbocycles. The van der Waals surface area contributed by atoms with Crippen LogP contribution in [0.25, 0.3) is 0 Å². The van der Waals surface area contributed by atoms with E-state index in [4.69, 9.17) is 19.6 Å². The lowest BCUT2D eigenvalue weighted by Gasteiger charge is -2.33. The molecular weight excluding hydrogens is 328 g/mol. The molecule has 0 fully saturated rings. The molecule has 0 aromatic heterocycles. The Morgan fingerprint density at radius 2 is 0.654 bits per heavy atom. The van der Waals surface area contributed by atoms with E-state index in [0.29, 0.717) is 0 Å². The van der Waals surface area contributed by atoms with E-state index in [-0.39, 0.29) is 22.4 Å². The summed E-state index contributed by atoms with van der Waals surface area (Å²) in [6.45, 7) is 19.8. The largest absolute Gasteiger partial charge is 0.230 e. The van der Waals surface area contributed by atoms with Crippen LogP contribution in [-0.4, -0.2) is 22.4 Å². The van der Waals surface area contributed by atoms with Crippen molar-refractivity contribution < 1.29 is 19.6 Å². The summed E-state index contributed by atoms with van der Waals surface area (Å²) in [6, 6.07) is 12.0. The zero-order chi connectivity index (χ0) is 20.5. The van der Waals surface area contributed by atoms with Crippen molar-refractivity contribution in [2.75, 3.05) is 0 Å². The third kappa shape index (κ3) is 16.5. The van der Waals surface area contributed by atoms with Crippen molar-refractivity contribution >= 4 is 0 Å². The van der Waals surface area contributed by atoms with Gasteiger partial charge in [0.15, 0.2) is 0 Å². The highest BCUT2D eigenvalue weighted by Crippen LogP contribution is 2.27. The molecule has 0 bridgehead atoms. The van der Waals surface area contributed by atoms with E-state index < -0.39 is 0 Å². The maximum absolute atomic E-state index is 5.54. The van der Waals surface area contributed by atoms with E-state index in [2.05, 4.69) is 0 Å². The molecule has 0 aliphatic carbocycles. The van der Waals surface area contributed by atoms with E-state index in [1.807, 2.05) is 106 Å². The topological polar surface area (TPSA) is 36.9 Å². The summed E-state index contributed by atoms with van der Waals surface area (Å²) < 4.78 is 0. The van der Waals surface area contributed by atoms with E-state index in [9.17, 15) is 0 Å². The van der Waals surface area contributed by atoms with Crippen LogP contribution in [0.5, 0.6) is 0 Å². The number of rotatable bonds is 7. The minimum atomic E-state index is -0.365. The maximum Gasteiger partial charge on any atom is 0.0981 e. The average molecular weight is 369 g/mol. The molecule has 0 aliphatic rings. The Kier molecular flexibility index (Phi) is 10.0. The monoisotopic (exact) mass is 368 g/mol. The minimum absolute atomic E-state index is 0.307. The van der Waals surface area contributed by atoms with Gasteiger partial charge in [0.1, 0.15) is 0 Å². The summed E-state index contributed by atoms with van der Waals surface area (Å²) in [5, 5.41) is 0. The first-order chi connectivity index (χ1) is 11.6. The van der Waals surface area contributed by atoms with Gasteiger partial charge in [-0.05, 0) is 82.1 Å². The Labute approximate surface area is 161 Å². The molecule has 0 aliphatic heterocycles. The molecule has 0 amide bonds. The van der Waals surface area contributed by atoms with Gasteiger partial charge < -0.3 is 0 Å². The Bertz CT molecular complexity index is 410. The van der Waals surface area contributed by atoms with Gasteiger partial charge in [0, 0.05) is 0 Å². The van der Waals surface area contributed by atoms with Crippen LogP contribution < -0.4 is 0 Å². The molecule has 1 aromatic rings. The van der Waals surface area contributed by atoms with Gasteiger partial charge in [-0.3, -0.25) is 0 Å². The average Bonchev–Trinajstić information content (AvgIpc) is 2.51. The van der Waals surface area contributed by atoms with Crippen LogP contribution in [0.4, 0.5) is 0 Å². The molecule has 0 atom stereocenters. The predicted molar refractivity (Wildman–Crippen MR) is 108 cm³/mol. The first-order valence-electron chi connectivity index (χ1n) is 9.36. The van der Waals surface area contributed by atoms with Crippen molar-refractivity contribution in [3.8, 4) is 0 Å². The van der Waals surface area contributed by atoms with Crippen LogP contribution in [0.15, 0.2) is 36.4 Å². The summed E-state index contributed by atoms with van der Waals surface area (Å²) in [4.78, 5) is 21.9. The first-order valence-corrected chi connectivity index (χ1v) is 9.36. The van der Waals surface area contributed by atoms with Crippen LogP contribution in [0.2, 0.25) is 0 Å². The lowest BCUT2D eigenvalue weighted by molar-refractivity contribution is -0.410. The van der Waals surface area contributed by atoms with Gasteiger partial charge in [0.05, 0.1) is 22.4 Å². The molecule has 0 unspecified atom stereocenters. The fraction of sp³-hybridized carbons (Fsp3) is 0.727. The predicted octanol–water partition coefficient (Wildman–Crippen LogP) is 6.50. The van der Waals surface area contributed by atoms with Crippen molar-refractivity contribution in [2.45, 2.75) is 104 Å². The molecule has 0 saturated heterocycles. The second-order valence-electron chi connectivity index (χ2n) is 9.73. The zero-order valence-corrected chi connectivity index (χ0v) is 18.5. The maximum atomic E-state index is 5.54. The quantitative estimate of drug-likeness (QED) is 0.406. The Hall–Kier alpha value is -0.940. The molecule has 4 heteroatoms. The summed E-state index contributed by atoms with van der Waals surface area (Å²) >= 11 is 0. The van der Waals surface area contributed by atoms with E-state index >= 15 is 0 Å². The molecule has 1 aromatic carbocycles. The molecule has 0 N–H and O–H groups in total. The SMILES string of the molecule is CC(C)(C)OOC(C)(C)CCC(C)(C)OOC(C)(C)C.c1ccccc1. The fourth-order valence-electron chi connectivity index (χ4n) is 1.55. The van der Waals surface area contributed by atoms with Gasteiger partial charge in [-0.1, -0.05) is 36.4 Å². The summed E-state index contributed by atoms with van der Waals surface area (Å²) in [7, 11) is 0. The Morgan fingerprint density at radius 1 is 0.423 bits per heavy atom. The van der Waals surface area contributed by atoms with Crippen LogP contribution in [-0.2, 0) is 19.6 Å². The second-order valence-corrected chi connectivity index (χ2v) is 9.73. The molecule has 0 radical (unpaired) electrons. The fourth-order valence-corrected chi connectivity index (χ4v) is 1.55. The lowest BCUT2D eigenvalue weighted by Crippen LogP contribution is -2.35. The van der Waals surface area contributed by atoms with Crippen molar-refractivity contribution in [1.29, 1.82) is 0 Å². The van der Waals surface area contributed by atoms with E-state index in [1.165, 1.54) is 0 Å². The van der Waals surface area contributed by atoms with Crippen molar-refractivity contribution in [2.24, 2.45) is 0 Å². The number of hydrogen-bond donors (Lipinski definition) is 0. The third-order valence-electron chi connectivity index (χ3n) is 3.03. The second kappa shape index (κ2) is 10.4. The van der Waals surface area contributed by atoms with Gasteiger partial charge in [-0.15, -0.1) is 0 Å². The Balaban J connectivity index is 0.000000867. The van der Waals surface area contributed by atoms with Crippen molar-refractivity contribution in [1.82, 2.24) is 0 Å². The standard InChI is InChI=1S/C16H34O4.C6H6/c1-13(2,3)17-19-15(7,8)11-12-16(9,10)20-18-14(4,5)6;1-2-4-6-5-3-1/h11-12H2,1-10H3;1-6H. The summed E-state index contributed by atoms with van der Waals surface area (Å²) in [5.74, 6) is 0. The molecular formula is C22H40O4. The molecule has 0 spiro atoms. The summed E-state index contributed by atoms with van der Waals surface area (Å²) in [6.07, 6.45) is 1.62. The third-order valence-corrected chi connectivity index (χ3v) is 3.03. The highest BCUT2D eigenvalue weighted by atomic mass is 17.2. The van der Waals surface area contributed by atoms with Gasteiger partial charge in [-0.2, -0.15) is 0 Å². The van der Waals surface area contributed by atoms with Crippen LogP contribution in [0.3, 0.4) is 0 Å². The highest BCUT2D eigenvalue weighted by molar-refractivity contribution is 4.99. The molecule has 4 nitrogen and oxygen atoms in total. The molecule has 152 valence electrons. The normalized spacial score (nSPS) is 13.2. The van der Waals surface area contributed by atoms with Gasteiger partial charge in [0.2, 0.25) is 0 Å². The van der Waals surface area contributed by atoms with Gasteiger partial charge in [-0.25, -0.2) is 19.6 Å². The Morgan fingerprint density at radius 3 is 0.846 bits per heavy atom. The molecule has 1 rings (SSSR count). The minimum Gasteiger partial charge on any atom is -0.230 e. The first kappa shape index (κ1) is 25.1.